The smallest absolute Gasteiger partial charge is 0.228 e. The van der Waals surface area contributed by atoms with Crippen LogP contribution >= 0.6 is 0 Å². The van der Waals surface area contributed by atoms with E-state index in [0.29, 0.717) is 6.54 Å². The van der Waals surface area contributed by atoms with E-state index in [1.165, 1.54) is 5.39 Å². The lowest BCUT2D eigenvalue weighted by Crippen LogP contribution is -2.35. The third kappa shape index (κ3) is 3.13. The van der Waals surface area contributed by atoms with Crippen molar-refractivity contribution in [1.82, 2.24) is 10.3 Å². The third-order valence-corrected chi connectivity index (χ3v) is 4.60. The van der Waals surface area contributed by atoms with Gasteiger partial charge in [-0.15, -0.1) is 0 Å². The number of benzene rings is 2. The molecule has 5 heteroatoms. The van der Waals surface area contributed by atoms with Crippen LogP contribution in [0.4, 0.5) is 5.69 Å². The first-order chi connectivity index (χ1) is 12.2. The van der Waals surface area contributed by atoms with Gasteiger partial charge in [0.2, 0.25) is 11.8 Å². The number of carbonyl (C=O) groups excluding carboxylic acids is 2. The van der Waals surface area contributed by atoms with Crippen LogP contribution in [0.1, 0.15) is 23.6 Å². The second kappa shape index (κ2) is 6.43. The van der Waals surface area contributed by atoms with Crippen molar-refractivity contribution in [2.75, 3.05) is 11.9 Å². The molecule has 2 amide bonds. The maximum Gasteiger partial charge on any atom is 0.228 e. The van der Waals surface area contributed by atoms with Gasteiger partial charge in [-0.25, -0.2) is 0 Å². The van der Waals surface area contributed by atoms with E-state index in [1.807, 2.05) is 42.5 Å². The average molecular weight is 333 g/mol. The number of hydrogen-bond donors (Lipinski definition) is 3. The van der Waals surface area contributed by atoms with Gasteiger partial charge in [0.25, 0.3) is 0 Å². The molecule has 4 rings (SSSR count). The molecule has 0 saturated heterocycles. The number of hydrogen-bond acceptors (Lipinski definition) is 2. The average Bonchev–Trinajstić information content (AvgIpc) is 3.03. The normalized spacial score (nSPS) is 16.3. The minimum atomic E-state index is -0.423. The highest BCUT2D eigenvalue weighted by atomic mass is 16.2. The van der Waals surface area contributed by atoms with Gasteiger partial charge in [0, 0.05) is 36.3 Å². The summed E-state index contributed by atoms with van der Waals surface area (Å²) in [6.45, 7) is 0.534. The number of rotatable bonds is 4. The van der Waals surface area contributed by atoms with Crippen LogP contribution in [-0.4, -0.2) is 23.3 Å². The van der Waals surface area contributed by atoms with E-state index in [-0.39, 0.29) is 18.2 Å². The predicted molar refractivity (Wildman–Crippen MR) is 97.4 cm³/mol. The summed E-state index contributed by atoms with van der Waals surface area (Å²) in [4.78, 5) is 27.8. The molecule has 0 aliphatic carbocycles. The van der Waals surface area contributed by atoms with Crippen LogP contribution in [0, 0.1) is 0 Å². The van der Waals surface area contributed by atoms with Gasteiger partial charge in [0.1, 0.15) is 0 Å². The highest BCUT2D eigenvalue weighted by Gasteiger charge is 2.30. The Morgan fingerprint density at radius 1 is 1.12 bits per heavy atom. The first-order valence-electron chi connectivity index (χ1n) is 8.44. The molecular weight excluding hydrogens is 314 g/mol. The van der Waals surface area contributed by atoms with Gasteiger partial charge < -0.3 is 15.6 Å². The largest absolute Gasteiger partial charge is 0.358 e. The minimum absolute atomic E-state index is 0.0987. The van der Waals surface area contributed by atoms with Crippen molar-refractivity contribution in [3.8, 4) is 0 Å². The maximum absolute atomic E-state index is 12.6. The summed E-state index contributed by atoms with van der Waals surface area (Å²) < 4.78 is 0. The Kier molecular flexibility index (Phi) is 3.98. The Balaban J connectivity index is 1.41. The zero-order chi connectivity index (χ0) is 17.2. The molecule has 1 atom stereocenters. The fourth-order valence-corrected chi connectivity index (χ4v) is 3.36. The molecule has 2 heterocycles. The SMILES string of the molecule is O=C1CC(C(=O)NCCc2cc3ccccc3[nH]2)c2ccccc2N1. The molecule has 3 aromatic rings. The molecule has 1 unspecified atom stereocenters. The van der Waals surface area contributed by atoms with Crippen molar-refractivity contribution < 1.29 is 9.59 Å². The summed E-state index contributed by atoms with van der Waals surface area (Å²) in [6, 6.07) is 17.7. The number of nitrogens with one attached hydrogen (secondary N) is 3. The van der Waals surface area contributed by atoms with E-state index in [4.69, 9.17) is 0 Å². The highest BCUT2D eigenvalue weighted by Crippen LogP contribution is 2.31. The Bertz CT molecular complexity index is 912. The molecule has 3 N–H and O–H groups in total. The molecule has 0 spiro atoms. The Morgan fingerprint density at radius 2 is 1.92 bits per heavy atom. The Morgan fingerprint density at radius 3 is 2.80 bits per heavy atom. The van der Waals surface area contributed by atoms with Crippen LogP contribution in [0.25, 0.3) is 10.9 Å². The van der Waals surface area contributed by atoms with Crippen molar-refractivity contribution in [2.45, 2.75) is 18.8 Å². The number of carbonyl (C=O) groups is 2. The van der Waals surface area contributed by atoms with E-state index < -0.39 is 5.92 Å². The van der Waals surface area contributed by atoms with Gasteiger partial charge in [-0.1, -0.05) is 36.4 Å². The number of para-hydroxylation sites is 2. The van der Waals surface area contributed by atoms with Gasteiger partial charge in [0.05, 0.1) is 5.92 Å². The molecule has 25 heavy (non-hydrogen) atoms. The van der Waals surface area contributed by atoms with E-state index in [9.17, 15) is 9.59 Å². The van der Waals surface area contributed by atoms with Gasteiger partial charge in [0.15, 0.2) is 0 Å². The summed E-state index contributed by atoms with van der Waals surface area (Å²) in [7, 11) is 0. The maximum atomic E-state index is 12.6. The lowest BCUT2D eigenvalue weighted by Gasteiger charge is -2.24. The van der Waals surface area contributed by atoms with Crippen LogP contribution in [0.15, 0.2) is 54.6 Å². The van der Waals surface area contributed by atoms with E-state index >= 15 is 0 Å². The first-order valence-corrected chi connectivity index (χ1v) is 8.44. The number of H-pyrrole nitrogens is 1. The van der Waals surface area contributed by atoms with Gasteiger partial charge >= 0.3 is 0 Å². The minimum Gasteiger partial charge on any atom is -0.358 e. The van der Waals surface area contributed by atoms with Crippen LogP contribution < -0.4 is 10.6 Å². The first kappa shape index (κ1) is 15.4. The standard InChI is InChI=1S/C20H19N3O2/c24-19-12-16(15-6-2-4-8-18(15)23-19)20(25)21-10-9-14-11-13-5-1-3-7-17(13)22-14/h1-8,11,16,22H,9-10,12H2,(H,21,25)(H,23,24). The summed E-state index contributed by atoms with van der Waals surface area (Å²) >= 11 is 0. The highest BCUT2D eigenvalue weighted by molar-refractivity contribution is 6.01. The lowest BCUT2D eigenvalue weighted by molar-refractivity contribution is -0.126. The van der Waals surface area contributed by atoms with Gasteiger partial charge in [-0.3, -0.25) is 9.59 Å². The Labute approximate surface area is 145 Å². The zero-order valence-electron chi connectivity index (χ0n) is 13.7. The number of anilines is 1. The third-order valence-electron chi connectivity index (χ3n) is 4.60. The number of aromatic amines is 1. The zero-order valence-corrected chi connectivity index (χ0v) is 13.7. The summed E-state index contributed by atoms with van der Waals surface area (Å²) in [5, 5.41) is 6.95. The van der Waals surface area contributed by atoms with E-state index in [2.05, 4.69) is 27.8 Å². The summed E-state index contributed by atoms with van der Waals surface area (Å²) in [5.74, 6) is -0.638. The topological polar surface area (TPSA) is 74.0 Å². The number of amides is 2. The number of fused-ring (bicyclic) bond motifs is 2. The van der Waals surface area contributed by atoms with Crippen LogP contribution in [0.2, 0.25) is 0 Å². The fourth-order valence-electron chi connectivity index (χ4n) is 3.36. The fraction of sp³-hybridized carbons (Fsp3) is 0.200. The van der Waals surface area contributed by atoms with Gasteiger partial charge in [-0.2, -0.15) is 0 Å². The second-order valence-electron chi connectivity index (χ2n) is 6.31. The Hall–Kier alpha value is -3.08. The molecule has 126 valence electrons. The van der Waals surface area contributed by atoms with Crippen LogP contribution in [-0.2, 0) is 16.0 Å². The molecule has 0 saturated carbocycles. The quantitative estimate of drug-likeness (QED) is 0.687. The van der Waals surface area contributed by atoms with Crippen molar-refractivity contribution in [3.05, 3.63) is 65.9 Å². The molecular formula is C20H19N3O2. The molecule has 0 fully saturated rings. The van der Waals surface area contributed by atoms with Gasteiger partial charge in [-0.05, 0) is 29.1 Å². The van der Waals surface area contributed by atoms with Crippen LogP contribution in [0.3, 0.4) is 0 Å². The second-order valence-corrected chi connectivity index (χ2v) is 6.31. The van der Waals surface area contributed by atoms with E-state index in [1.54, 1.807) is 0 Å². The molecule has 1 aromatic heterocycles. The number of aromatic nitrogens is 1. The molecule has 1 aliphatic rings. The van der Waals surface area contributed by atoms with Crippen molar-refractivity contribution in [2.24, 2.45) is 0 Å². The van der Waals surface area contributed by atoms with E-state index in [0.717, 1.165) is 28.9 Å². The van der Waals surface area contributed by atoms with Crippen molar-refractivity contribution in [1.29, 1.82) is 0 Å². The van der Waals surface area contributed by atoms with Crippen molar-refractivity contribution >= 4 is 28.4 Å². The molecule has 2 aromatic carbocycles. The molecule has 0 bridgehead atoms. The van der Waals surface area contributed by atoms with Crippen molar-refractivity contribution in [3.63, 3.8) is 0 Å². The monoisotopic (exact) mass is 333 g/mol. The summed E-state index contributed by atoms with van der Waals surface area (Å²) in [6.07, 6.45) is 0.913. The molecule has 5 nitrogen and oxygen atoms in total. The molecule has 0 radical (unpaired) electrons. The summed E-state index contributed by atoms with van der Waals surface area (Å²) in [5.41, 5.74) is 3.80. The predicted octanol–water partition coefficient (Wildman–Crippen LogP) is 2.95. The lowest BCUT2D eigenvalue weighted by atomic mass is 9.90. The van der Waals surface area contributed by atoms with Crippen LogP contribution in [0.5, 0.6) is 0 Å². The molecule has 1 aliphatic heterocycles.